The summed E-state index contributed by atoms with van der Waals surface area (Å²) in [4.78, 5) is 14.7. The van der Waals surface area contributed by atoms with Gasteiger partial charge in [-0.1, -0.05) is 173 Å². The molecule has 3 nitrogen and oxygen atoms in total. The molecule has 0 fully saturated rings. The maximum absolute atomic E-state index is 4.92. The minimum atomic E-state index is -0.0221. The number of nitrogens with zero attached hydrogens (tertiary/aromatic N) is 3. The van der Waals surface area contributed by atoms with Gasteiger partial charge >= 0.3 is 0 Å². The van der Waals surface area contributed by atoms with Crippen LogP contribution < -0.4 is 0 Å². The van der Waals surface area contributed by atoms with Gasteiger partial charge in [0.1, 0.15) is 0 Å². The molecular weight excluding hydrogens is 607 g/mol. The Hall–Kier alpha value is -5.93. The van der Waals surface area contributed by atoms with Gasteiger partial charge in [0.2, 0.25) is 0 Å². The van der Waals surface area contributed by atoms with Gasteiger partial charge in [-0.2, -0.15) is 0 Å². The molecule has 0 atom stereocenters. The summed E-state index contributed by atoms with van der Waals surface area (Å²) in [5.74, 6) is 1.98. The summed E-state index contributed by atoms with van der Waals surface area (Å²) in [5.41, 5.74) is 10.8. The number of rotatable bonds is 4. The monoisotopic (exact) mass is 643 g/mol. The highest BCUT2D eigenvalue weighted by Crippen LogP contribution is 2.55. The highest BCUT2D eigenvalue weighted by molar-refractivity contribution is 6.14. The first-order chi connectivity index (χ1) is 24.3. The van der Waals surface area contributed by atoms with E-state index < -0.39 is 0 Å². The van der Waals surface area contributed by atoms with Crippen molar-refractivity contribution in [3.05, 3.63) is 163 Å². The average molecular weight is 644 g/mol. The van der Waals surface area contributed by atoms with Crippen LogP contribution in [0.2, 0.25) is 0 Å². The van der Waals surface area contributed by atoms with Crippen LogP contribution in [-0.4, -0.2) is 15.0 Å². The normalized spacial score (nSPS) is 14.3. The lowest BCUT2D eigenvalue weighted by molar-refractivity contribution is 0.299. The van der Waals surface area contributed by atoms with E-state index in [1.165, 1.54) is 49.4 Å². The van der Waals surface area contributed by atoms with E-state index in [9.17, 15) is 0 Å². The Morgan fingerprint density at radius 3 is 1.48 bits per heavy atom. The molecule has 0 saturated carbocycles. The van der Waals surface area contributed by atoms with Crippen molar-refractivity contribution in [3.8, 4) is 56.4 Å². The molecule has 50 heavy (non-hydrogen) atoms. The second kappa shape index (κ2) is 11.3. The standard InChI is InChI=1S/C47H37N3/c1-46(2)40-18-12-11-17-38(40)42-37-26-25-31-21-24-35(29-39(31)36(37)27-28-41(42)47(46,3)4)30-19-22-34(23-20-30)45-49-43(32-13-7-5-8-14-32)48-44(50-45)33-15-9-6-10-16-33/h5-29H,1-4H3. The molecule has 1 aromatic heterocycles. The molecule has 8 aromatic rings. The van der Waals surface area contributed by atoms with Crippen molar-refractivity contribution in [3.63, 3.8) is 0 Å². The third-order valence-corrected chi connectivity index (χ3v) is 11.3. The van der Waals surface area contributed by atoms with Gasteiger partial charge in [-0.3, -0.25) is 0 Å². The molecule has 1 aliphatic rings. The number of hydrogen-bond acceptors (Lipinski definition) is 3. The average Bonchev–Trinajstić information content (AvgIpc) is 3.17. The van der Waals surface area contributed by atoms with Gasteiger partial charge in [0, 0.05) is 16.7 Å². The first kappa shape index (κ1) is 30.2. The summed E-state index contributed by atoms with van der Waals surface area (Å²) >= 11 is 0. The third-order valence-electron chi connectivity index (χ3n) is 11.3. The zero-order valence-corrected chi connectivity index (χ0v) is 28.8. The molecule has 0 radical (unpaired) electrons. The lowest BCUT2D eigenvalue weighted by Gasteiger charge is -2.48. The summed E-state index contributed by atoms with van der Waals surface area (Å²) in [7, 11) is 0. The van der Waals surface area contributed by atoms with Crippen LogP contribution in [0.1, 0.15) is 38.8 Å². The van der Waals surface area contributed by atoms with Crippen molar-refractivity contribution >= 4 is 21.5 Å². The molecular formula is C47H37N3. The van der Waals surface area contributed by atoms with Crippen molar-refractivity contribution in [1.29, 1.82) is 0 Å². The van der Waals surface area contributed by atoms with Crippen LogP contribution in [0.5, 0.6) is 0 Å². The van der Waals surface area contributed by atoms with E-state index in [-0.39, 0.29) is 10.8 Å². The Labute approximate surface area is 293 Å². The summed E-state index contributed by atoms with van der Waals surface area (Å²) in [6.45, 7) is 9.58. The number of benzene rings is 7. The van der Waals surface area contributed by atoms with Crippen molar-refractivity contribution in [2.45, 2.75) is 38.5 Å². The smallest absolute Gasteiger partial charge is 0.164 e. The van der Waals surface area contributed by atoms with E-state index in [0.717, 1.165) is 22.3 Å². The summed E-state index contributed by atoms with van der Waals surface area (Å²) in [6, 6.07) is 54.0. The maximum atomic E-state index is 4.92. The van der Waals surface area contributed by atoms with Crippen LogP contribution in [0.4, 0.5) is 0 Å². The molecule has 240 valence electrons. The van der Waals surface area contributed by atoms with Crippen LogP contribution >= 0.6 is 0 Å². The lowest BCUT2D eigenvalue weighted by atomic mass is 9.55. The first-order valence-corrected chi connectivity index (χ1v) is 17.4. The third kappa shape index (κ3) is 4.69. The molecule has 0 spiro atoms. The second-order valence-corrected chi connectivity index (χ2v) is 14.5. The van der Waals surface area contributed by atoms with Crippen LogP contribution in [0.25, 0.3) is 78.0 Å². The highest BCUT2D eigenvalue weighted by Gasteiger charge is 2.46. The lowest BCUT2D eigenvalue weighted by Crippen LogP contribution is -2.43. The molecule has 0 aliphatic heterocycles. The zero-order valence-electron chi connectivity index (χ0n) is 28.8. The van der Waals surface area contributed by atoms with Crippen molar-refractivity contribution in [2.24, 2.45) is 0 Å². The van der Waals surface area contributed by atoms with Gasteiger partial charge in [0.25, 0.3) is 0 Å². The van der Waals surface area contributed by atoms with Crippen molar-refractivity contribution in [1.82, 2.24) is 15.0 Å². The molecule has 0 N–H and O–H groups in total. The van der Waals surface area contributed by atoms with Crippen molar-refractivity contribution < 1.29 is 0 Å². The Balaban J connectivity index is 1.14. The van der Waals surface area contributed by atoms with Gasteiger partial charge in [-0.25, -0.2) is 15.0 Å². The molecule has 0 saturated heterocycles. The molecule has 0 amide bonds. The predicted octanol–water partition coefficient (Wildman–Crippen LogP) is 12.1. The fourth-order valence-corrected chi connectivity index (χ4v) is 7.79. The summed E-state index contributed by atoms with van der Waals surface area (Å²) in [5, 5.41) is 5.12. The number of aromatic nitrogens is 3. The first-order valence-electron chi connectivity index (χ1n) is 17.4. The summed E-state index contributed by atoms with van der Waals surface area (Å²) in [6.07, 6.45) is 0. The number of fused-ring (bicyclic) bond motifs is 7. The molecule has 0 unspecified atom stereocenters. The predicted molar refractivity (Wildman–Crippen MR) is 208 cm³/mol. The molecule has 7 aromatic carbocycles. The Morgan fingerprint density at radius 2 is 0.840 bits per heavy atom. The van der Waals surface area contributed by atoms with E-state index in [1.807, 2.05) is 60.7 Å². The molecule has 9 rings (SSSR count). The second-order valence-electron chi connectivity index (χ2n) is 14.5. The van der Waals surface area contributed by atoms with E-state index in [4.69, 9.17) is 15.0 Å². The highest BCUT2D eigenvalue weighted by atomic mass is 15.0. The topological polar surface area (TPSA) is 38.7 Å². The fraction of sp³-hybridized carbons (Fsp3) is 0.128. The maximum Gasteiger partial charge on any atom is 0.164 e. The zero-order chi connectivity index (χ0) is 34.0. The van der Waals surface area contributed by atoms with E-state index >= 15 is 0 Å². The minimum Gasteiger partial charge on any atom is -0.208 e. The van der Waals surface area contributed by atoms with Crippen molar-refractivity contribution in [2.75, 3.05) is 0 Å². The van der Waals surface area contributed by atoms with Gasteiger partial charge in [0.15, 0.2) is 17.5 Å². The van der Waals surface area contributed by atoms with E-state index in [0.29, 0.717) is 17.5 Å². The largest absolute Gasteiger partial charge is 0.208 e. The van der Waals surface area contributed by atoms with Crippen LogP contribution in [0.3, 0.4) is 0 Å². The van der Waals surface area contributed by atoms with Crippen LogP contribution in [0, 0.1) is 0 Å². The Bertz CT molecular complexity index is 2510. The fourth-order valence-electron chi connectivity index (χ4n) is 7.79. The Morgan fingerprint density at radius 1 is 0.360 bits per heavy atom. The van der Waals surface area contributed by atoms with E-state index in [1.54, 1.807) is 0 Å². The molecule has 3 heteroatoms. The Kier molecular flexibility index (Phi) is 6.82. The minimum absolute atomic E-state index is 0.00792. The van der Waals surface area contributed by atoms with Gasteiger partial charge in [-0.15, -0.1) is 0 Å². The van der Waals surface area contributed by atoms with Crippen LogP contribution in [-0.2, 0) is 10.8 Å². The van der Waals surface area contributed by atoms with Gasteiger partial charge in [0.05, 0.1) is 0 Å². The van der Waals surface area contributed by atoms with E-state index in [2.05, 4.69) is 119 Å². The molecule has 1 heterocycles. The molecule has 1 aliphatic carbocycles. The number of hydrogen-bond donors (Lipinski definition) is 0. The van der Waals surface area contributed by atoms with Gasteiger partial charge < -0.3 is 0 Å². The summed E-state index contributed by atoms with van der Waals surface area (Å²) < 4.78 is 0. The van der Waals surface area contributed by atoms with Crippen LogP contribution in [0.15, 0.2) is 152 Å². The van der Waals surface area contributed by atoms with Gasteiger partial charge in [-0.05, 0) is 71.8 Å². The quantitative estimate of drug-likeness (QED) is 0.179. The SMILES string of the molecule is CC1(C)c2ccccc2-c2c(ccc3c2ccc2ccc(-c4ccc(-c5nc(-c6ccccc6)nc(-c6ccccc6)n5)cc4)cc23)C1(C)C. The molecule has 0 bridgehead atoms.